The van der Waals surface area contributed by atoms with Crippen molar-refractivity contribution < 1.29 is 9.90 Å². The highest BCUT2D eigenvalue weighted by Crippen LogP contribution is 2.39. The standard InChI is InChI=1S/C16H28N2O2/c17-16(15(19)20)9-2-6-13(16)8-11-18-10-3-5-12-4-1-7-14(12)18/h12-14H,1-11,17H2,(H,19,20). The number of carbonyl (C=O) groups is 1. The van der Waals surface area contributed by atoms with Gasteiger partial charge in [0.05, 0.1) is 0 Å². The zero-order chi connectivity index (χ0) is 14.2. The SMILES string of the molecule is NC1(C(=O)O)CCCC1CCN1CCCC2CCCC21. The number of aliphatic carboxylic acids is 1. The van der Waals surface area contributed by atoms with E-state index in [-0.39, 0.29) is 5.92 Å². The molecular weight excluding hydrogens is 252 g/mol. The molecule has 1 heterocycles. The molecule has 0 amide bonds. The summed E-state index contributed by atoms with van der Waals surface area (Å²) in [6, 6.07) is 0.780. The fourth-order valence-corrected chi connectivity index (χ4v) is 4.94. The third-order valence-corrected chi connectivity index (χ3v) is 6.14. The Morgan fingerprint density at radius 1 is 1.20 bits per heavy atom. The molecule has 0 radical (unpaired) electrons. The van der Waals surface area contributed by atoms with Crippen LogP contribution in [-0.4, -0.2) is 40.6 Å². The monoisotopic (exact) mass is 280 g/mol. The molecule has 20 heavy (non-hydrogen) atoms. The van der Waals surface area contributed by atoms with E-state index in [0.29, 0.717) is 6.42 Å². The van der Waals surface area contributed by atoms with Crippen LogP contribution in [0.4, 0.5) is 0 Å². The largest absolute Gasteiger partial charge is 0.480 e. The smallest absolute Gasteiger partial charge is 0.323 e. The topological polar surface area (TPSA) is 66.6 Å². The zero-order valence-electron chi connectivity index (χ0n) is 12.4. The minimum absolute atomic E-state index is 0.168. The maximum atomic E-state index is 11.4. The minimum Gasteiger partial charge on any atom is -0.480 e. The normalized spacial score (nSPS) is 41.8. The number of likely N-dealkylation sites (tertiary alicyclic amines) is 1. The molecule has 3 rings (SSSR count). The Hall–Kier alpha value is -0.610. The summed E-state index contributed by atoms with van der Waals surface area (Å²) in [7, 11) is 0. The fraction of sp³-hybridized carbons (Fsp3) is 0.938. The summed E-state index contributed by atoms with van der Waals surface area (Å²) in [5, 5.41) is 9.39. The van der Waals surface area contributed by atoms with Crippen molar-refractivity contribution in [1.82, 2.24) is 4.90 Å². The first-order valence-electron chi connectivity index (χ1n) is 8.37. The lowest BCUT2D eigenvalue weighted by atomic mass is 9.84. The van der Waals surface area contributed by atoms with Crippen LogP contribution >= 0.6 is 0 Å². The van der Waals surface area contributed by atoms with Crippen LogP contribution in [0.15, 0.2) is 0 Å². The summed E-state index contributed by atoms with van der Waals surface area (Å²) in [5.41, 5.74) is 5.20. The molecule has 1 saturated heterocycles. The van der Waals surface area contributed by atoms with Gasteiger partial charge >= 0.3 is 5.97 Å². The van der Waals surface area contributed by atoms with Crippen LogP contribution in [0.2, 0.25) is 0 Å². The van der Waals surface area contributed by atoms with Crippen molar-refractivity contribution in [3.63, 3.8) is 0 Å². The van der Waals surface area contributed by atoms with Gasteiger partial charge in [-0.05, 0) is 69.9 Å². The van der Waals surface area contributed by atoms with Crippen LogP contribution in [0, 0.1) is 11.8 Å². The Balaban J connectivity index is 1.57. The minimum atomic E-state index is -0.954. The lowest BCUT2D eigenvalue weighted by molar-refractivity contribution is -0.145. The molecule has 2 aliphatic carbocycles. The summed E-state index contributed by atoms with van der Waals surface area (Å²) in [6.45, 7) is 2.26. The van der Waals surface area contributed by atoms with Crippen molar-refractivity contribution in [3.05, 3.63) is 0 Å². The van der Waals surface area contributed by atoms with E-state index >= 15 is 0 Å². The third-order valence-electron chi connectivity index (χ3n) is 6.14. The van der Waals surface area contributed by atoms with Gasteiger partial charge in [-0.1, -0.05) is 12.8 Å². The van der Waals surface area contributed by atoms with Gasteiger partial charge in [0.25, 0.3) is 0 Å². The van der Waals surface area contributed by atoms with E-state index in [1.807, 2.05) is 0 Å². The van der Waals surface area contributed by atoms with Crippen molar-refractivity contribution in [2.45, 2.75) is 69.4 Å². The highest BCUT2D eigenvalue weighted by Gasteiger charge is 2.46. The predicted octanol–water partition coefficient (Wildman–Crippen LogP) is 2.22. The molecule has 4 atom stereocenters. The van der Waals surface area contributed by atoms with Crippen LogP contribution < -0.4 is 5.73 Å². The molecule has 0 aromatic carbocycles. The van der Waals surface area contributed by atoms with Crippen molar-refractivity contribution >= 4 is 5.97 Å². The highest BCUT2D eigenvalue weighted by atomic mass is 16.4. The van der Waals surface area contributed by atoms with E-state index in [0.717, 1.165) is 37.8 Å². The molecule has 0 aromatic heterocycles. The molecule has 4 nitrogen and oxygen atoms in total. The van der Waals surface area contributed by atoms with Gasteiger partial charge in [-0.15, -0.1) is 0 Å². The molecule has 3 aliphatic rings. The number of hydrogen-bond acceptors (Lipinski definition) is 3. The number of piperidine rings is 1. The molecule has 3 fully saturated rings. The van der Waals surface area contributed by atoms with Gasteiger partial charge in [-0.3, -0.25) is 4.79 Å². The van der Waals surface area contributed by atoms with Crippen LogP contribution in [-0.2, 0) is 4.79 Å². The van der Waals surface area contributed by atoms with Gasteiger partial charge < -0.3 is 15.7 Å². The number of nitrogens with two attached hydrogens (primary N) is 1. The number of carboxylic acids is 1. The molecule has 114 valence electrons. The summed E-state index contributed by atoms with van der Waals surface area (Å²) in [6.07, 6.45) is 10.4. The second-order valence-corrected chi connectivity index (χ2v) is 7.16. The summed E-state index contributed by atoms with van der Waals surface area (Å²) >= 11 is 0. The van der Waals surface area contributed by atoms with Gasteiger partial charge in [0.1, 0.15) is 5.54 Å². The molecule has 4 heteroatoms. The average Bonchev–Trinajstić information content (AvgIpc) is 3.03. The van der Waals surface area contributed by atoms with Gasteiger partial charge in [-0.2, -0.15) is 0 Å². The van der Waals surface area contributed by atoms with E-state index in [2.05, 4.69) is 4.90 Å². The van der Waals surface area contributed by atoms with Gasteiger partial charge in [0.2, 0.25) is 0 Å². The Bertz CT molecular complexity index is 373. The number of carboxylic acid groups (broad SMARTS) is 1. The van der Waals surface area contributed by atoms with Crippen molar-refractivity contribution in [3.8, 4) is 0 Å². The first kappa shape index (κ1) is 14.3. The Labute approximate surface area is 121 Å². The molecule has 4 unspecified atom stereocenters. The van der Waals surface area contributed by atoms with Gasteiger partial charge in [-0.25, -0.2) is 0 Å². The molecule has 0 spiro atoms. The quantitative estimate of drug-likeness (QED) is 0.828. The molecule has 3 N–H and O–H groups in total. The first-order valence-corrected chi connectivity index (χ1v) is 8.37. The van der Waals surface area contributed by atoms with E-state index in [9.17, 15) is 9.90 Å². The predicted molar refractivity (Wildman–Crippen MR) is 78.4 cm³/mol. The van der Waals surface area contributed by atoms with Crippen LogP contribution in [0.5, 0.6) is 0 Å². The van der Waals surface area contributed by atoms with E-state index in [1.165, 1.54) is 38.6 Å². The molecule has 0 bridgehead atoms. The Morgan fingerprint density at radius 2 is 2.00 bits per heavy atom. The molecule has 1 aliphatic heterocycles. The van der Waals surface area contributed by atoms with Crippen LogP contribution in [0.1, 0.15) is 57.8 Å². The maximum absolute atomic E-state index is 11.4. The number of hydrogen-bond donors (Lipinski definition) is 2. The maximum Gasteiger partial charge on any atom is 0.323 e. The zero-order valence-corrected chi connectivity index (χ0v) is 12.4. The Kier molecular flexibility index (Phi) is 4.04. The molecule has 2 saturated carbocycles. The van der Waals surface area contributed by atoms with Crippen molar-refractivity contribution in [1.29, 1.82) is 0 Å². The van der Waals surface area contributed by atoms with Crippen molar-refractivity contribution in [2.24, 2.45) is 17.6 Å². The van der Waals surface area contributed by atoms with Gasteiger partial charge in [0, 0.05) is 6.04 Å². The second kappa shape index (κ2) is 5.64. The van der Waals surface area contributed by atoms with E-state index < -0.39 is 11.5 Å². The average molecular weight is 280 g/mol. The molecular formula is C16H28N2O2. The summed E-state index contributed by atoms with van der Waals surface area (Å²) < 4.78 is 0. The lowest BCUT2D eigenvalue weighted by Gasteiger charge is -2.39. The van der Waals surface area contributed by atoms with E-state index in [1.54, 1.807) is 0 Å². The number of nitrogens with zero attached hydrogens (tertiary/aromatic N) is 1. The van der Waals surface area contributed by atoms with Gasteiger partial charge in [0.15, 0.2) is 0 Å². The highest BCUT2D eigenvalue weighted by molar-refractivity contribution is 5.79. The lowest BCUT2D eigenvalue weighted by Crippen LogP contribution is -2.52. The second-order valence-electron chi connectivity index (χ2n) is 7.16. The summed E-state index contributed by atoms with van der Waals surface area (Å²) in [5.74, 6) is 0.286. The third kappa shape index (κ3) is 2.48. The Morgan fingerprint density at radius 3 is 2.80 bits per heavy atom. The van der Waals surface area contributed by atoms with Crippen LogP contribution in [0.3, 0.4) is 0 Å². The van der Waals surface area contributed by atoms with Crippen LogP contribution in [0.25, 0.3) is 0 Å². The first-order chi connectivity index (χ1) is 9.61. The number of fused-ring (bicyclic) bond motifs is 1. The number of rotatable bonds is 4. The molecule has 0 aromatic rings. The fourth-order valence-electron chi connectivity index (χ4n) is 4.94. The summed E-state index contributed by atoms with van der Waals surface area (Å²) in [4.78, 5) is 14.1. The van der Waals surface area contributed by atoms with E-state index in [4.69, 9.17) is 5.73 Å². The van der Waals surface area contributed by atoms with Crippen molar-refractivity contribution in [2.75, 3.05) is 13.1 Å².